The summed E-state index contributed by atoms with van der Waals surface area (Å²) in [6, 6.07) is 5.18. The highest BCUT2D eigenvalue weighted by Crippen LogP contribution is 2.48. The lowest BCUT2D eigenvalue weighted by Crippen LogP contribution is -2.70. The zero-order chi connectivity index (χ0) is 49.2. The van der Waals surface area contributed by atoms with Crippen LogP contribution in [0.25, 0.3) is 5.76 Å². The Morgan fingerprint density at radius 1 is 0.971 bits per heavy atom. The Balaban J connectivity index is 1.18. The smallest absolute Gasteiger partial charge is 0.408 e. The van der Waals surface area contributed by atoms with E-state index < -0.39 is 76.3 Å². The molecule has 19 heteroatoms. The molecular formula is C50H72N5O12PS. The summed E-state index contributed by atoms with van der Waals surface area (Å²) in [6.07, 6.45) is 14.5. The predicted octanol–water partition coefficient (Wildman–Crippen LogP) is 7.99. The number of alkyl carbamates (subject to hydrolysis) is 1. The minimum Gasteiger partial charge on any atom is -0.493 e. The number of benzene rings is 1. The van der Waals surface area contributed by atoms with Crippen molar-refractivity contribution in [3.8, 4) is 0 Å². The number of sulfonamides is 1. The Kier molecular flexibility index (Phi) is 17.9. The lowest BCUT2D eigenvalue weighted by atomic mass is 9.66. The number of allylic oxidation sites excluding steroid dienone is 2. The van der Waals surface area contributed by atoms with E-state index in [1.807, 2.05) is 24.3 Å². The lowest BCUT2D eigenvalue weighted by Gasteiger charge is -2.47. The number of hydrogen-bond acceptors (Lipinski definition) is 13. The number of amides is 4. The molecule has 0 aromatic heterocycles. The van der Waals surface area contributed by atoms with E-state index in [9.17, 15) is 27.4 Å². The predicted molar refractivity (Wildman–Crippen MR) is 262 cm³/mol. The molecule has 69 heavy (non-hydrogen) atoms. The van der Waals surface area contributed by atoms with Crippen LogP contribution < -0.4 is 15.4 Å². The highest BCUT2D eigenvalue weighted by molar-refractivity contribution is 7.91. The van der Waals surface area contributed by atoms with Crippen molar-refractivity contribution in [3.63, 3.8) is 0 Å². The number of fused-ring (bicyclic) bond motifs is 3. The number of carbonyl (C=O) groups excluding carboxylic acids is 4. The fraction of sp³-hybridized carbons (Fsp3) is 0.660. The van der Waals surface area contributed by atoms with Gasteiger partial charge in [0.25, 0.3) is 5.91 Å². The number of rotatable bonds is 18. The molecule has 1 aromatic rings. The molecule has 3 N–H and O–H groups in total. The molecule has 17 nitrogen and oxygen atoms in total. The van der Waals surface area contributed by atoms with Gasteiger partial charge in [-0.2, -0.15) is 0 Å². The molecule has 380 valence electrons. The molecule has 7 unspecified atom stereocenters. The van der Waals surface area contributed by atoms with E-state index >= 15 is 4.79 Å². The van der Waals surface area contributed by atoms with E-state index in [1.54, 1.807) is 19.9 Å². The van der Waals surface area contributed by atoms with E-state index in [1.165, 1.54) is 4.90 Å². The van der Waals surface area contributed by atoms with E-state index in [2.05, 4.69) is 40.7 Å². The maximum atomic E-state index is 15.1. The average Bonchev–Trinajstić information content (AvgIpc) is 3.64. The molecule has 2 heterocycles. The molecule has 4 amide bonds. The fourth-order valence-electron chi connectivity index (χ4n) is 10.5. The number of nitrogens with one attached hydrogen (secondary N) is 3. The summed E-state index contributed by atoms with van der Waals surface area (Å²) in [5.74, 6) is -1.83. The summed E-state index contributed by atoms with van der Waals surface area (Å²) < 4.78 is 71.1. The van der Waals surface area contributed by atoms with Gasteiger partial charge in [-0.25, -0.2) is 18.2 Å². The van der Waals surface area contributed by atoms with Gasteiger partial charge >= 0.3 is 13.7 Å². The number of nitrogens with zero attached hydrogens (tertiary/aromatic N) is 2. The molecule has 2 aliphatic heterocycles. The monoisotopic (exact) mass is 997 g/mol. The fourth-order valence-corrected chi connectivity index (χ4v) is 13.5. The van der Waals surface area contributed by atoms with Crippen molar-refractivity contribution in [2.45, 2.75) is 158 Å². The lowest BCUT2D eigenvalue weighted by molar-refractivity contribution is -0.145. The average molecular weight is 998 g/mol. The first-order chi connectivity index (χ1) is 33.2. The van der Waals surface area contributed by atoms with Gasteiger partial charge in [-0.3, -0.25) is 23.7 Å². The molecule has 6 aliphatic rings. The molecule has 4 aliphatic carbocycles. The molecule has 1 aromatic carbocycles. The van der Waals surface area contributed by atoms with Gasteiger partial charge in [-0.15, -0.1) is 6.58 Å². The standard InChI is InChI=1S/C50H72N5O12PS/c1-5-37-28-29-50(37,48(58)54-69(61,62)39-26-27-39)53-46(56)42-32-38-33-55(42)47(57)45(36-19-12-13-20-36)52-49(59)67-43-24-16-21-35(43)18-10-8-9-11-25-44(66-38)51-41-23-15-14-22-40(41)34(4)63-30-17-31-68(60,64-6-2)65-7-3/h5,8-9,14-15,22-23,35-39,42-43,45H,1,4,6-7,10-13,16-21,24-33H2,2-3H3,(H,52,59)(H,53,56)(H,54,58). The summed E-state index contributed by atoms with van der Waals surface area (Å²) in [5, 5.41) is 5.22. The van der Waals surface area contributed by atoms with E-state index in [0.29, 0.717) is 74.3 Å². The molecular weight excluding hydrogens is 926 g/mol. The van der Waals surface area contributed by atoms with Crippen molar-refractivity contribution in [1.29, 1.82) is 0 Å². The van der Waals surface area contributed by atoms with Crippen LogP contribution in [-0.4, -0.2) is 111 Å². The Bertz CT molecular complexity index is 2250. The third-order valence-electron chi connectivity index (χ3n) is 14.5. The summed E-state index contributed by atoms with van der Waals surface area (Å²) in [4.78, 5) is 64.2. The van der Waals surface area contributed by atoms with Crippen LogP contribution >= 0.6 is 7.60 Å². The molecule has 7 rings (SSSR count). The largest absolute Gasteiger partial charge is 0.493 e. The third-order valence-corrected chi connectivity index (χ3v) is 18.5. The van der Waals surface area contributed by atoms with Gasteiger partial charge in [0, 0.05) is 24.3 Å². The van der Waals surface area contributed by atoms with Crippen LogP contribution in [0, 0.1) is 17.8 Å². The topological polar surface area (TPSA) is 217 Å². The van der Waals surface area contributed by atoms with Crippen molar-refractivity contribution in [1.82, 2.24) is 20.3 Å². The zero-order valence-corrected chi connectivity index (χ0v) is 42.0. The van der Waals surface area contributed by atoms with Crippen LogP contribution in [0.15, 0.2) is 60.6 Å². The second kappa shape index (κ2) is 23.6. The number of para-hydroxylation sites is 1. The van der Waals surface area contributed by atoms with Gasteiger partial charge in [-0.05, 0) is 121 Å². The van der Waals surface area contributed by atoms with Crippen molar-refractivity contribution in [2.75, 3.05) is 32.5 Å². The van der Waals surface area contributed by atoms with Crippen LogP contribution in [0.1, 0.15) is 129 Å². The van der Waals surface area contributed by atoms with E-state index in [4.69, 9.17) is 28.3 Å². The molecule has 0 radical (unpaired) electrons. The van der Waals surface area contributed by atoms with Gasteiger partial charge in [0.15, 0.2) is 5.90 Å². The van der Waals surface area contributed by atoms with Gasteiger partial charge in [0.05, 0.1) is 43.5 Å². The van der Waals surface area contributed by atoms with Gasteiger partial charge in [-0.1, -0.05) is 49.8 Å². The van der Waals surface area contributed by atoms with Crippen LogP contribution in [0.2, 0.25) is 0 Å². The first-order valence-electron chi connectivity index (χ1n) is 25.2. The maximum absolute atomic E-state index is 15.1. The van der Waals surface area contributed by atoms with Crippen molar-refractivity contribution >= 4 is 58.8 Å². The molecule has 0 spiro atoms. The second-order valence-electron chi connectivity index (χ2n) is 19.2. The van der Waals surface area contributed by atoms with E-state index in [0.717, 1.165) is 44.9 Å². The van der Waals surface area contributed by atoms with Gasteiger partial charge in [0.2, 0.25) is 21.8 Å². The van der Waals surface area contributed by atoms with Crippen molar-refractivity contribution in [3.05, 3.63) is 61.2 Å². The SMILES string of the molecule is C=CC1CCC1(NC(=O)C1CC2CN1C(=O)C(C1CCCC1)NC(=O)OC1CCCC1CCC=CCCC(=Nc1ccccc1C(=C)OCCCP(=O)(OCC)OCC)O2)C(=O)NS(=O)(=O)C1CC1. The highest BCUT2D eigenvalue weighted by Gasteiger charge is 2.56. The molecule has 2 bridgehead atoms. The maximum Gasteiger partial charge on any atom is 0.408 e. The molecule has 4 saturated carbocycles. The van der Waals surface area contributed by atoms with E-state index in [-0.39, 0.29) is 63.3 Å². The Labute approximate surface area is 407 Å². The van der Waals surface area contributed by atoms with Crippen LogP contribution in [0.4, 0.5) is 10.5 Å². The molecule has 5 fully saturated rings. The molecule has 7 atom stereocenters. The summed E-state index contributed by atoms with van der Waals surface area (Å²) in [5.41, 5.74) is -0.482. The Hall–Kier alpha value is -4.51. The number of ether oxygens (including phenoxy) is 3. The number of aliphatic imine (C=N–C) groups is 1. The first kappa shape index (κ1) is 52.3. The Morgan fingerprint density at radius 2 is 1.70 bits per heavy atom. The van der Waals surface area contributed by atoms with Crippen molar-refractivity contribution in [2.24, 2.45) is 22.7 Å². The summed E-state index contributed by atoms with van der Waals surface area (Å²) >= 11 is 0. The van der Waals surface area contributed by atoms with Gasteiger partial charge < -0.3 is 38.8 Å². The number of carbonyl (C=O) groups is 4. The minimum absolute atomic E-state index is 0.0136. The van der Waals surface area contributed by atoms with Crippen molar-refractivity contribution < 1.29 is 55.4 Å². The normalized spacial score (nSPS) is 28.8. The van der Waals surface area contributed by atoms with Crippen LogP contribution in [0.3, 0.4) is 0 Å². The summed E-state index contributed by atoms with van der Waals surface area (Å²) in [6.45, 7) is 12.3. The van der Waals surface area contributed by atoms with Gasteiger partial charge in [0.1, 0.15) is 35.6 Å². The first-order valence-corrected chi connectivity index (χ1v) is 28.4. The zero-order valence-electron chi connectivity index (χ0n) is 40.3. The quantitative estimate of drug-likeness (QED) is 0.0552. The summed E-state index contributed by atoms with van der Waals surface area (Å²) in [7, 11) is -7.21. The van der Waals surface area contributed by atoms with Crippen LogP contribution in [0.5, 0.6) is 0 Å². The highest BCUT2D eigenvalue weighted by atomic mass is 32.2. The Morgan fingerprint density at radius 3 is 2.39 bits per heavy atom. The number of hydrogen-bond donors (Lipinski definition) is 3. The molecule has 1 saturated heterocycles. The van der Waals surface area contributed by atoms with Crippen LogP contribution in [-0.2, 0) is 52.2 Å². The second-order valence-corrected chi connectivity index (χ2v) is 23.4. The minimum atomic E-state index is -3.95. The third kappa shape index (κ3) is 13.1.